The second-order valence-electron chi connectivity index (χ2n) is 6.18. The van der Waals surface area contributed by atoms with E-state index in [4.69, 9.17) is 0 Å². The zero-order valence-electron chi connectivity index (χ0n) is 13.3. The molecule has 1 aromatic heterocycles. The third kappa shape index (κ3) is 3.93. The van der Waals surface area contributed by atoms with E-state index in [-0.39, 0.29) is 0 Å². The van der Waals surface area contributed by atoms with Crippen LogP contribution in [-0.2, 0) is 6.54 Å². The quantitative estimate of drug-likeness (QED) is 0.861. The summed E-state index contributed by atoms with van der Waals surface area (Å²) in [5, 5.41) is 3.28. The Bertz CT molecular complexity index is 401. The molecule has 0 aromatic carbocycles. The summed E-state index contributed by atoms with van der Waals surface area (Å²) in [7, 11) is 4.13. The van der Waals surface area contributed by atoms with Gasteiger partial charge in [-0.15, -0.1) is 0 Å². The molecule has 0 bridgehead atoms. The topological polar surface area (TPSA) is 31.4 Å². The van der Waals surface area contributed by atoms with Gasteiger partial charge >= 0.3 is 0 Å². The summed E-state index contributed by atoms with van der Waals surface area (Å²) in [5.74, 6) is 1.86. The lowest BCUT2D eigenvalue weighted by atomic mass is 10.1. The molecule has 1 atom stereocenters. The SMILES string of the molecule is CNCC1CCN(Cc2ccc(N(C)C(C)C)nc2)C1. The van der Waals surface area contributed by atoms with E-state index in [9.17, 15) is 0 Å². The Morgan fingerprint density at radius 1 is 1.45 bits per heavy atom. The Balaban J connectivity index is 1.88. The number of rotatable bonds is 6. The first-order valence-electron chi connectivity index (χ1n) is 7.65. The predicted octanol–water partition coefficient (Wildman–Crippen LogP) is 1.97. The average Bonchev–Trinajstić information content (AvgIpc) is 2.86. The number of aromatic nitrogens is 1. The van der Waals surface area contributed by atoms with Gasteiger partial charge in [0.1, 0.15) is 5.82 Å². The molecule has 0 radical (unpaired) electrons. The molecule has 0 aliphatic carbocycles. The normalized spacial score (nSPS) is 19.8. The molecule has 112 valence electrons. The van der Waals surface area contributed by atoms with E-state index >= 15 is 0 Å². The fourth-order valence-corrected chi connectivity index (χ4v) is 2.75. The minimum absolute atomic E-state index is 0.481. The van der Waals surface area contributed by atoms with Crippen molar-refractivity contribution in [1.82, 2.24) is 15.2 Å². The van der Waals surface area contributed by atoms with Gasteiger partial charge in [0.15, 0.2) is 0 Å². The van der Waals surface area contributed by atoms with E-state index in [0.717, 1.165) is 24.8 Å². The number of hydrogen-bond donors (Lipinski definition) is 1. The Hall–Kier alpha value is -1.13. The van der Waals surface area contributed by atoms with Gasteiger partial charge in [0, 0.05) is 32.4 Å². The number of anilines is 1. The monoisotopic (exact) mass is 276 g/mol. The van der Waals surface area contributed by atoms with E-state index in [1.165, 1.54) is 25.1 Å². The zero-order valence-corrected chi connectivity index (χ0v) is 13.3. The molecule has 4 nitrogen and oxygen atoms in total. The number of pyridine rings is 1. The molecule has 1 N–H and O–H groups in total. The van der Waals surface area contributed by atoms with Gasteiger partial charge in [0.05, 0.1) is 0 Å². The van der Waals surface area contributed by atoms with Crippen molar-refractivity contribution in [3.8, 4) is 0 Å². The molecular formula is C16H28N4. The first-order valence-corrected chi connectivity index (χ1v) is 7.65. The summed E-state index contributed by atoms with van der Waals surface area (Å²) in [4.78, 5) is 9.31. The Labute approximate surface area is 123 Å². The molecule has 1 aliphatic heterocycles. The summed E-state index contributed by atoms with van der Waals surface area (Å²) in [6, 6.07) is 4.83. The predicted molar refractivity (Wildman–Crippen MR) is 85.1 cm³/mol. The lowest BCUT2D eigenvalue weighted by Gasteiger charge is -2.23. The molecule has 0 saturated carbocycles. The van der Waals surface area contributed by atoms with Crippen molar-refractivity contribution < 1.29 is 0 Å². The number of nitrogens with one attached hydrogen (secondary N) is 1. The van der Waals surface area contributed by atoms with Crippen LogP contribution in [0.25, 0.3) is 0 Å². The van der Waals surface area contributed by atoms with Crippen LogP contribution in [0.15, 0.2) is 18.3 Å². The van der Waals surface area contributed by atoms with Crippen LogP contribution in [0.5, 0.6) is 0 Å². The van der Waals surface area contributed by atoms with Crippen LogP contribution in [0.1, 0.15) is 25.8 Å². The highest BCUT2D eigenvalue weighted by molar-refractivity contribution is 5.39. The number of hydrogen-bond acceptors (Lipinski definition) is 4. The van der Waals surface area contributed by atoms with Gasteiger partial charge in [0.2, 0.25) is 0 Å². The molecule has 1 aromatic rings. The van der Waals surface area contributed by atoms with Crippen LogP contribution < -0.4 is 10.2 Å². The Morgan fingerprint density at radius 2 is 2.25 bits per heavy atom. The molecule has 0 spiro atoms. The van der Waals surface area contributed by atoms with Crippen molar-refractivity contribution in [2.24, 2.45) is 5.92 Å². The van der Waals surface area contributed by atoms with Crippen LogP contribution in [-0.4, -0.2) is 49.7 Å². The molecule has 0 amide bonds. The van der Waals surface area contributed by atoms with Gasteiger partial charge < -0.3 is 10.2 Å². The zero-order chi connectivity index (χ0) is 14.5. The van der Waals surface area contributed by atoms with Gasteiger partial charge in [-0.3, -0.25) is 4.90 Å². The van der Waals surface area contributed by atoms with Crippen molar-refractivity contribution in [3.05, 3.63) is 23.9 Å². The van der Waals surface area contributed by atoms with Gasteiger partial charge in [-0.1, -0.05) is 6.07 Å². The fraction of sp³-hybridized carbons (Fsp3) is 0.688. The number of nitrogens with zero attached hydrogens (tertiary/aromatic N) is 3. The van der Waals surface area contributed by atoms with Crippen LogP contribution in [0, 0.1) is 5.92 Å². The largest absolute Gasteiger partial charge is 0.357 e. The molecular weight excluding hydrogens is 248 g/mol. The third-order valence-electron chi connectivity index (χ3n) is 4.21. The van der Waals surface area contributed by atoms with Crippen molar-refractivity contribution in [2.45, 2.75) is 32.9 Å². The molecule has 2 rings (SSSR count). The summed E-state index contributed by atoms with van der Waals surface area (Å²) < 4.78 is 0. The van der Waals surface area contributed by atoms with Crippen LogP contribution >= 0.6 is 0 Å². The van der Waals surface area contributed by atoms with Crippen LogP contribution in [0.4, 0.5) is 5.82 Å². The molecule has 1 fully saturated rings. The van der Waals surface area contributed by atoms with Crippen LogP contribution in [0.2, 0.25) is 0 Å². The van der Waals surface area contributed by atoms with E-state index in [1.807, 2.05) is 13.2 Å². The lowest BCUT2D eigenvalue weighted by molar-refractivity contribution is 0.315. The Kier molecular flexibility index (Phi) is 5.38. The molecule has 2 heterocycles. The molecule has 1 saturated heterocycles. The maximum absolute atomic E-state index is 4.58. The fourth-order valence-electron chi connectivity index (χ4n) is 2.75. The van der Waals surface area contributed by atoms with Crippen LogP contribution in [0.3, 0.4) is 0 Å². The van der Waals surface area contributed by atoms with Crippen molar-refractivity contribution >= 4 is 5.82 Å². The summed E-state index contributed by atoms with van der Waals surface area (Å²) >= 11 is 0. The number of likely N-dealkylation sites (tertiary alicyclic amines) is 1. The molecule has 1 aliphatic rings. The second kappa shape index (κ2) is 7.04. The van der Waals surface area contributed by atoms with Gasteiger partial charge in [-0.2, -0.15) is 0 Å². The van der Waals surface area contributed by atoms with Crippen molar-refractivity contribution in [1.29, 1.82) is 0 Å². The van der Waals surface area contributed by atoms with E-state index in [1.54, 1.807) is 0 Å². The Morgan fingerprint density at radius 3 is 2.85 bits per heavy atom. The van der Waals surface area contributed by atoms with E-state index in [0.29, 0.717) is 6.04 Å². The van der Waals surface area contributed by atoms with Gasteiger partial charge in [0.25, 0.3) is 0 Å². The second-order valence-corrected chi connectivity index (χ2v) is 6.18. The highest BCUT2D eigenvalue weighted by Crippen LogP contribution is 2.19. The van der Waals surface area contributed by atoms with Gasteiger partial charge in [-0.05, 0) is 58.0 Å². The first-order chi connectivity index (χ1) is 9.60. The smallest absolute Gasteiger partial charge is 0.128 e. The van der Waals surface area contributed by atoms with Crippen molar-refractivity contribution in [3.63, 3.8) is 0 Å². The maximum atomic E-state index is 4.58. The van der Waals surface area contributed by atoms with Gasteiger partial charge in [-0.25, -0.2) is 4.98 Å². The summed E-state index contributed by atoms with van der Waals surface area (Å²) in [6.07, 6.45) is 3.34. The first kappa shape index (κ1) is 15.3. The third-order valence-corrected chi connectivity index (χ3v) is 4.21. The molecule has 4 heteroatoms. The highest BCUT2D eigenvalue weighted by Gasteiger charge is 2.21. The standard InChI is InChI=1S/C16H28N4/c1-13(2)19(4)16-6-5-14(10-18-16)11-20-8-7-15(12-20)9-17-3/h5-6,10,13,15,17H,7-9,11-12H2,1-4H3. The van der Waals surface area contributed by atoms with E-state index in [2.05, 4.69) is 53.1 Å². The summed E-state index contributed by atoms with van der Waals surface area (Å²) in [5.41, 5.74) is 1.32. The summed E-state index contributed by atoms with van der Waals surface area (Å²) in [6.45, 7) is 8.93. The minimum atomic E-state index is 0.481. The lowest BCUT2D eigenvalue weighted by Crippen LogP contribution is -2.26. The van der Waals surface area contributed by atoms with E-state index < -0.39 is 0 Å². The molecule has 1 unspecified atom stereocenters. The van der Waals surface area contributed by atoms with Crippen molar-refractivity contribution in [2.75, 3.05) is 38.6 Å². The molecule has 20 heavy (non-hydrogen) atoms. The minimum Gasteiger partial charge on any atom is -0.357 e. The average molecular weight is 276 g/mol. The highest BCUT2D eigenvalue weighted by atomic mass is 15.2. The maximum Gasteiger partial charge on any atom is 0.128 e.